The van der Waals surface area contributed by atoms with Crippen molar-refractivity contribution in [2.24, 2.45) is 0 Å². The number of aryl methyl sites for hydroxylation is 2. The van der Waals surface area contributed by atoms with Crippen molar-refractivity contribution in [3.63, 3.8) is 0 Å². The quantitative estimate of drug-likeness (QED) is 0.138. The van der Waals surface area contributed by atoms with E-state index in [0.717, 1.165) is 39.1 Å². The van der Waals surface area contributed by atoms with Crippen LogP contribution in [0, 0.1) is 0 Å². The molecule has 45 heavy (non-hydrogen) atoms. The van der Waals surface area contributed by atoms with Gasteiger partial charge in [0.25, 0.3) is 0 Å². The molecule has 6 nitrogen and oxygen atoms in total. The van der Waals surface area contributed by atoms with E-state index in [9.17, 15) is 14.7 Å². The van der Waals surface area contributed by atoms with E-state index in [1.54, 1.807) is 43.5 Å². The summed E-state index contributed by atoms with van der Waals surface area (Å²) in [5.74, 6) is 0.917. The number of ether oxygens (including phenoxy) is 3. The molecular formula is C39H32O6. The monoisotopic (exact) mass is 596 g/mol. The molecule has 6 heteroatoms. The Morgan fingerprint density at radius 1 is 0.578 bits per heavy atom. The normalized spacial score (nSPS) is 15.4. The van der Waals surface area contributed by atoms with Crippen LogP contribution in [0.2, 0.25) is 0 Å². The Labute approximate surface area is 261 Å². The molecule has 0 fully saturated rings. The molecule has 3 aliphatic rings. The van der Waals surface area contributed by atoms with Gasteiger partial charge in [0.15, 0.2) is 0 Å². The number of hydrogen-bond acceptors (Lipinski definition) is 6. The van der Waals surface area contributed by atoms with Gasteiger partial charge in [-0.2, -0.15) is 0 Å². The second-order valence-corrected chi connectivity index (χ2v) is 11.5. The number of methoxy groups -OCH3 is 1. The van der Waals surface area contributed by atoms with Crippen molar-refractivity contribution < 1.29 is 28.9 Å². The van der Waals surface area contributed by atoms with Gasteiger partial charge in [0, 0.05) is 35.8 Å². The Kier molecular flexibility index (Phi) is 7.55. The third-order valence-corrected chi connectivity index (χ3v) is 8.80. The lowest BCUT2D eigenvalue weighted by Crippen LogP contribution is -2.29. The second kappa shape index (κ2) is 12.0. The van der Waals surface area contributed by atoms with Gasteiger partial charge in [-0.05, 0) is 82.6 Å². The van der Waals surface area contributed by atoms with Crippen molar-refractivity contribution in [3.05, 3.63) is 154 Å². The number of carbonyl (C=O) groups is 2. The highest BCUT2D eigenvalue weighted by Crippen LogP contribution is 2.60. The molecule has 5 aromatic carbocycles. The molecule has 0 radical (unpaired) electrons. The summed E-state index contributed by atoms with van der Waals surface area (Å²) in [6.45, 7) is 0. The van der Waals surface area contributed by atoms with Crippen LogP contribution < -0.4 is 14.2 Å². The summed E-state index contributed by atoms with van der Waals surface area (Å²) in [5.41, 5.74) is 8.36. The smallest absolute Gasteiger partial charge is 0.311 e. The molecule has 0 aliphatic heterocycles. The Morgan fingerprint density at radius 3 is 1.38 bits per heavy atom. The zero-order chi connectivity index (χ0) is 30.9. The van der Waals surface area contributed by atoms with Gasteiger partial charge in [0.05, 0.1) is 7.11 Å². The van der Waals surface area contributed by atoms with Crippen molar-refractivity contribution >= 4 is 11.9 Å². The number of phenolic OH excluding ortho intramolecular Hbond substituents is 1. The molecule has 0 spiro atoms. The lowest BCUT2D eigenvalue weighted by molar-refractivity contribution is -0.135. The van der Waals surface area contributed by atoms with E-state index < -0.39 is 0 Å². The summed E-state index contributed by atoms with van der Waals surface area (Å²) >= 11 is 0. The Hall–Kier alpha value is -5.36. The molecule has 0 saturated heterocycles. The molecule has 0 amide bonds. The molecule has 8 rings (SSSR count). The highest BCUT2D eigenvalue weighted by Gasteiger charge is 2.45. The lowest BCUT2D eigenvalue weighted by atomic mass is 9.60. The van der Waals surface area contributed by atoms with Crippen LogP contribution in [0.4, 0.5) is 0 Å². The van der Waals surface area contributed by atoms with Crippen molar-refractivity contribution in [1.82, 2.24) is 0 Å². The van der Waals surface area contributed by atoms with Crippen LogP contribution in [0.25, 0.3) is 0 Å². The fourth-order valence-corrected chi connectivity index (χ4v) is 6.70. The first-order chi connectivity index (χ1) is 22.0. The summed E-state index contributed by atoms with van der Waals surface area (Å²) in [6, 6.07) is 34.7. The zero-order valence-corrected chi connectivity index (χ0v) is 24.9. The predicted molar refractivity (Wildman–Crippen MR) is 170 cm³/mol. The topological polar surface area (TPSA) is 82.1 Å². The number of carbonyl (C=O) groups excluding carboxylic acids is 2. The second-order valence-electron chi connectivity index (χ2n) is 11.5. The van der Waals surface area contributed by atoms with E-state index in [4.69, 9.17) is 14.2 Å². The third-order valence-electron chi connectivity index (χ3n) is 8.80. The van der Waals surface area contributed by atoms with Gasteiger partial charge in [0.1, 0.15) is 23.0 Å². The van der Waals surface area contributed by atoms with E-state index in [1.807, 2.05) is 48.5 Å². The molecule has 0 saturated carbocycles. The fraction of sp³-hybridized carbons (Fsp3) is 0.179. The number of benzene rings is 5. The van der Waals surface area contributed by atoms with Crippen LogP contribution in [0.15, 0.2) is 109 Å². The number of phenols is 1. The van der Waals surface area contributed by atoms with Crippen LogP contribution in [-0.2, 0) is 22.4 Å². The molecule has 1 N–H and O–H groups in total. The van der Waals surface area contributed by atoms with Crippen LogP contribution in [0.1, 0.15) is 69.2 Å². The van der Waals surface area contributed by atoms with Gasteiger partial charge in [-0.15, -0.1) is 0 Å². The maximum atomic E-state index is 13.2. The van der Waals surface area contributed by atoms with Crippen LogP contribution in [0.5, 0.6) is 23.0 Å². The van der Waals surface area contributed by atoms with Gasteiger partial charge in [-0.25, -0.2) is 0 Å². The maximum Gasteiger partial charge on any atom is 0.311 e. The summed E-state index contributed by atoms with van der Waals surface area (Å²) in [5, 5.41) is 9.58. The van der Waals surface area contributed by atoms with E-state index in [1.165, 1.54) is 11.1 Å². The molecule has 3 aliphatic carbocycles. The average molecular weight is 597 g/mol. The van der Waals surface area contributed by atoms with Crippen molar-refractivity contribution in [2.75, 3.05) is 7.11 Å². The molecule has 224 valence electrons. The van der Waals surface area contributed by atoms with Gasteiger partial charge in [-0.1, -0.05) is 72.8 Å². The minimum absolute atomic E-state index is 0.169. The molecule has 0 atom stereocenters. The van der Waals surface area contributed by atoms with Gasteiger partial charge in [0.2, 0.25) is 0 Å². The summed E-state index contributed by atoms with van der Waals surface area (Å²) < 4.78 is 17.4. The van der Waals surface area contributed by atoms with Crippen LogP contribution in [-0.4, -0.2) is 24.2 Å². The molecule has 0 unspecified atom stereocenters. The van der Waals surface area contributed by atoms with E-state index in [2.05, 4.69) is 24.3 Å². The highest BCUT2D eigenvalue weighted by molar-refractivity contribution is 5.80. The predicted octanol–water partition coefficient (Wildman–Crippen LogP) is 7.46. The van der Waals surface area contributed by atoms with Crippen molar-refractivity contribution in [2.45, 2.75) is 37.5 Å². The molecule has 5 aromatic rings. The number of aromatic hydroxyl groups is 1. The minimum atomic E-state index is -0.350. The summed E-state index contributed by atoms with van der Waals surface area (Å²) in [6.07, 6.45) is 1.43. The first-order valence-corrected chi connectivity index (χ1v) is 15.2. The van der Waals surface area contributed by atoms with E-state index >= 15 is 0 Å². The molecule has 0 heterocycles. The van der Waals surface area contributed by atoms with Crippen LogP contribution in [0.3, 0.4) is 0 Å². The van der Waals surface area contributed by atoms with Gasteiger partial charge in [-0.3, -0.25) is 9.59 Å². The van der Waals surface area contributed by atoms with Crippen molar-refractivity contribution in [1.29, 1.82) is 0 Å². The van der Waals surface area contributed by atoms with E-state index in [-0.39, 0.29) is 42.4 Å². The number of esters is 2. The number of hydrogen-bond donors (Lipinski definition) is 1. The molecule has 2 bridgehead atoms. The molecule has 0 aromatic heterocycles. The number of rotatable bonds is 9. The summed E-state index contributed by atoms with van der Waals surface area (Å²) in [4.78, 5) is 26.4. The van der Waals surface area contributed by atoms with Gasteiger partial charge >= 0.3 is 11.9 Å². The highest BCUT2D eigenvalue weighted by atomic mass is 16.5. The fourth-order valence-electron chi connectivity index (χ4n) is 6.70. The Morgan fingerprint density at radius 2 is 0.978 bits per heavy atom. The van der Waals surface area contributed by atoms with E-state index in [0.29, 0.717) is 24.3 Å². The summed E-state index contributed by atoms with van der Waals surface area (Å²) in [7, 11) is 1.63. The molecular weight excluding hydrogens is 564 g/mol. The van der Waals surface area contributed by atoms with Gasteiger partial charge < -0.3 is 19.3 Å². The Bertz CT molecular complexity index is 1840. The Balaban J connectivity index is 1.21. The van der Waals surface area contributed by atoms with Crippen molar-refractivity contribution in [3.8, 4) is 23.0 Å². The average Bonchev–Trinajstić information content (AvgIpc) is 3.08. The third kappa shape index (κ3) is 5.44. The first-order valence-electron chi connectivity index (χ1n) is 15.2. The lowest BCUT2D eigenvalue weighted by Gasteiger charge is -2.43. The first kappa shape index (κ1) is 28.4. The SMILES string of the molecule is COc1ccc(CCC(=O)Oc2ccc(OC(=O)CCc3ccc(O)cc3)c3c2C2c4ccccc4C3c3ccccc32)cc1. The minimum Gasteiger partial charge on any atom is -0.508 e. The zero-order valence-electron chi connectivity index (χ0n) is 24.9. The largest absolute Gasteiger partial charge is 0.508 e. The van der Waals surface area contributed by atoms with Crippen LogP contribution >= 0.6 is 0 Å². The standard InChI is InChI=1S/C39H32O6/c1-43-27-18-12-25(13-19-27)15-23-35(42)45-33-21-20-32(44-34(41)22-14-24-10-16-26(40)17-11-24)38-36-28-6-2-4-8-30(28)37(39(33)38)31-9-5-3-7-29(31)36/h2-13,16-21,36-37,40H,14-15,22-23H2,1H3. The maximum absolute atomic E-state index is 13.2.